The summed E-state index contributed by atoms with van der Waals surface area (Å²) in [7, 11) is 0. The van der Waals surface area contributed by atoms with Gasteiger partial charge in [0.2, 0.25) is 0 Å². The molecule has 8 nitrogen and oxygen atoms in total. The molecule has 0 spiro atoms. The van der Waals surface area contributed by atoms with Crippen LogP contribution in [0.15, 0.2) is 12.1 Å². The number of carbonyl (C=O) groups is 4. The summed E-state index contributed by atoms with van der Waals surface area (Å²) in [5.74, 6) is -6.77. The molecule has 0 aliphatic heterocycles. The largest absolute Gasteiger partial charge is 0.478 e. The van der Waals surface area contributed by atoms with E-state index in [1.165, 1.54) is 62.5 Å². The Morgan fingerprint density at radius 2 is 0.714 bits per heavy atom. The van der Waals surface area contributed by atoms with Crippen molar-refractivity contribution in [1.82, 2.24) is 0 Å². The van der Waals surface area contributed by atoms with Crippen molar-refractivity contribution in [3.63, 3.8) is 0 Å². The average Bonchev–Trinajstić information content (AvgIpc) is 3.16. The molecule has 0 fully saturated rings. The van der Waals surface area contributed by atoms with Gasteiger partial charge in [-0.15, -0.1) is 0 Å². The minimum absolute atomic E-state index is 0.0159. The van der Waals surface area contributed by atoms with Gasteiger partial charge in [0, 0.05) is 0 Å². The van der Waals surface area contributed by atoms with Crippen LogP contribution in [0.2, 0.25) is 0 Å². The van der Waals surface area contributed by atoms with Crippen LogP contribution in [0, 0.1) is 0 Å². The molecule has 314 valence electrons. The number of carboxylic acids is 4. The van der Waals surface area contributed by atoms with Crippen molar-refractivity contribution in [2.24, 2.45) is 0 Å². The molecule has 0 saturated heterocycles. The standard InChI is InChI=1S/C48H74O8/c1-5-9-13-17-21-25-29-35-33-39(40-34-41(45(49)50)43(47(53)54)44(48(55)56)42(40)46(51)52)38(32-28-24-20-16-12-8-4)37(31-27-23-19-15-11-7-3)36(35)30-26-22-18-14-10-6-2/h33-34H,5-32H2,1-4H3,(H,49,50)(H,51,52)(H,53,54)(H,55,56). The van der Waals surface area contributed by atoms with E-state index in [1.54, 1.807) is 0 Å². The van der Waals surface area contributed by atoms with Crippen molar-refractivity contribution in [1.29, 1.82) is 0 Å². The molecule has 0 aliphatic carbocycles. The van der Waals surface area contributed by atoms with Gasteiger partial charge in [-0.2, -0.15) is 0 Å². The summed E-state index contributed by atoms with van der Waals surface area (Å²) in [6.07, 6.45) is 30.0. The maximum atomic E-state index is 13.1. The number of aromatic carboxylic acids is 4. The monoisotopic (exact) mass is 779 g/mol. The molecule has 2 rings (SSSR count). The maximum Gasteiger partial charge on any atom is 0.337 e. The van der Waals surface area contributed by atoms with E-state index in [2.05, 4.69) is 27.7 Å². The van der Waals surface area contributed by atoms with E-state index in [0.717, 1.165) is 139 Å². The fraction of sp³-hybridized carbons (Fsp3) is 0.667. The normalized spacial score (nSPS) is 11.3. The van der Waals surface area contributed by atoms with E-state index in [9.17, 15) is 39.6 Å². The summed E-state index contributed by atoms with van der Waals surface area (Å²) < 4.78 is 0. The van der Waals surface area contributed by atoms with Crippen molar-refractivity contribution >= 4 is 23.9 Å². The minimum atomic E-state index is -1.79. The third-order valence-electron chi connectivity index (χ3n) is 11.4. The Labute approximate surface area is 337 Å². The lowest BCUT2D eigenvalue weighted by molar-refractivity contribution is 0.0620. The summed E-state index contributed by atoms with van der Waals surface area (Å²) in [6, 6.07) is 3.16. The highest BCUT2D eigenvalue weighted by atomic mass is 16.4. The highest BCUT2D eigenvalue weighted by Crippen LogP contribution is 2.40. The fourth-order valence-electron chi connectivity index (χ4n) is 8.31. The molecule has 0 atom stereocenters. The first-order chi connectivity index (χ1) is 27.0. The second-order valence-corrected chi connectivity index (χ2v) is 15.9. The molecule has 0 amide bonds. The van der Waals surface area contributed by atoms with Crippen molar-refractivity contribution < 1.29 is 39.6 Å². The molecule has 8 heteroatoms. The third kappa shape index (κ3) is 15.7. The lowest BCUT2D eigenvalue weighted by Crippen LogP contribution is -2.21. The average molecular weight is 779 g/mol. The first-order valence-electron chi connectivity index (χ1n) is 22.4. The van der Waals surface area contributed by atoms with Gasteiger partial charge in [-0.25, -0.2) is 19.2 Å². The van der Waals surface area contributed by atoms with Gasteiger partial charge in [-0.1, -0.05) is 162 Å². The number of carboxylic acid groups (broad SMARTS) is 4. The van der Waals surface area contributed by atoms with Crippen LogP contribution in [-0.2, 0) is 25.7 Å². The van der Waals surface area contributed by atoms with E-state index >= 15 is 0 Å². The van der Waals surface area contributed by atoms with Gasteiger partial charge in [0.05, 0.1) is 22.3 Å². The fourth-order valence-corrected chi connectivity index (χ4v) is 8.31. The molecule has 2 aromatic carbocycles. The van der Waals surface area contributed by atoms with Gasteiger partial charge in [0.25, 0.3) is 0 Å². The number of unbranched alkanes of at least 4 members (excludes halogenated alkanes) is 20. The van der Waals surface area contributed by atoms with Crippen LogP contribution >= 0.6 is 0 Å². The van der Waals surface area contributed by atoms with Gasteiger partial charge in [0.15, 0.2) is 0 Å². The van der Waals surface area contributed by atoms with Crippen LogP contribution in [0.4, 0.5) is 0 Å². The molecule has 0 radical (unpaired) electrons. The van der Waals surface area contributed by atoms with Crippen LogP contribution in [0.5, 0.6) is 0 Å². The molecule has 0 bridgehead atoms. The van der Waals surface area contributed by atoms with E-state index in [0.29, 0.717) is 12.0 Å². The van der Waals surface area contributed by atoms with Crippen LogP contribution < -0.4 is 0 Å². The van der Waals surface area contributed by atoms with E-state index in [1.807, 2.05) is 6.07 Å². The Morgan fingerprint density at radius 1 is 0.357 bits per heavy atom. The predicted molar refractivity (Wildman–Crippen MR) is 228 cm³/mol. The number of hydrogen-bond donors (Lipinski definition) is 4. The molecule has 2 aromatic rings. The summed E-state index contributed by atoms with van der Waals surface area (Å²) in [6.45, 7) is 8.82. The van der Waals surface area contributed by atoms with Gasteiger partial charge >= 0.3 is 23.9 Å². The van der Waals surface area contributed by atoms with Crippen molar-refractivity contribution in [2.45, 2.75) is 207 Å². The van der Waals surface area contributed by atoms with Gasteiger partial charge in [-0.05, 0) is 90.8 Å². The Kier molecular flexibility index (Phi) is 24.1. The third-order valence-corrected chi connectivity index (χ3v) is 11.4. The van der Waals surface area contributed by atoms with Crippen molar-refractivity contribution in [3.8, 4) is 11.1 Å². The second-order valence-electron chi connectivity index (χ2n) is 15.9. The van der Waals surface area contributed by atoms with Crippen LogP contribution in [0.25, 0.3) is 11.1 Å². The maximum absolute atomic E-state index is 13.1. The number of hydrogen-bond acceptors (Lipinski definition) is 4. The Balaban J connectivity index is 3.00. The summed E-state index contributed by atoms with van der Waals surface area (Å²) in [4.78, 5) is 51.0. The van der Waals surface area contributed by atoms with Gasteiger partial charge in [0.1, 0.15) is 0 Å². The summed E-state index contributed by atoms with van der Waals surface area (Å²) in [5.41, 5.74) is 1.81. The molecule has 56 heavy (non-hydrogen) atoms. The first-order valence-corrected chi connectivity index (χ1v) is 22.4. The molecule has 0 heterocycles. The zero-order chi connectivity index (χ0) is 41.3. The van der Waals surface area contributed by atoms with E-state index < -0.39 is 46.1 Å². The van der Waals surface area contributed by atoms with Crippen LogP contribution in [0.3, 0.4) is 0 Å². The minimum Gasteiger partial charge on any atom is -0.478 e. The number of rotatable bonds is 33. The van der Waals surface area contributed by atoms with Crippen LogP contribution in [0.1, 0.15) is 245 Å². The highest BCUT2D eigenvalue weighted by Gasteiger charge is 2.34. The van der Waals surface area contributed by atoms with Crippen LogP contribution in [-0.4, -0.2) is 44.3 Å². The zero-order valence-electron chi connectivity index (χ0n) is 35.4. The molecule has 0 saturated carbocycles. The zero-order valence-corrected chi connectivity index (χ0v) is 35.4. The Morgan fingerprint density at radius 3 is 1.11 bits per heavy atom. The van der Waals surface area contributed by atoms with E-state index in [-0.39, 0.29) is 5.56 Å². The van der Waals surface area contributed by atoms with Crippen molar-refractivity contribution in [3.05, 3.63) is 56.6 Å². The summed E-state index contributed by atoms with van der Waals surface area (Å²) in [5, 5.41) is 41.4. The van der Waals surface area contributed by atoms with Gasteiger partial charge in [-0.3, -0.25) is 0 Å². The Bertz CT molecular complexity index is 1520. The highest BCUT2D eigenvalue weighted by molar-refractivity contribution is 6.16. The predicted octanol–water partition coefficient (Wildman–Crippen LogP) is 13.8. The Hall–Kier alpha value is -3.68. The molecule has 4 N–H and O–H groups in total. The topological polar surface area (TPSA) is 149 Å². The smallest absolute Gasteiger partial charge is 0.337 e. The molecule has 0 aliphatic rings. The molecular weight excluding hydrogens is 705 g/mol. The van der Waals surface area contributed by atoms with Gasteiger partial charge < -0.3 is 20.4 Å². The lowest BCUT2D eigenvalue weighted by Gasteiger charge is -2.25. The van der Waals surface area contributed by atoms with Crippen molar-refractivity contribution in [2.75, 3.05) is 0 Å². The van der Waals surface area contributed by atoms with E-state index in [4.69, 9.17) is 0 Å². The summed E-state index contributed by atoms with van der Waals surface area (Å²) >= 11 is 0. The SMILES string of the molecule is CCCCCCCCc1cc(-c2cc(C(=O)O)c(C(=O)O)c(C(=O)O)c2C(=O)O)c(CCCCCCCC)c(CCCCCCCC)c1CCCCCCCC. The quantitative estimate of drug-likeness (QED) is 0.0523. The number of aryl methyl sites for hydroxylation is 1. The second kappa shape index (κ2) is 27.8. The first kappa shape index (κ1) is 48.5. The molecule has 0 unspecified atom stereocenters. The number of benzene rings is 2. The lowest BCUT2D eigenvalue weighted by atomic mass is 9.79. The molecule has 0 aromatic heterocycles. The molecular formula is C48H74O8.